The van der Waals surface area contributed by atoms with E-state index in [9.17, 15) is 20.2 Å². The van der Waals surface area contributed by atoms with Crippen molar-refractivity contribution in [3.05, 3.63) is 111 Å². The predicted octanol–water partition coefficient (Wildman–Crippen LogP) is 4.39. The number of methoxy groups -OCH3 is 2. The molecule has 1 saturated heterocycles. The second-order valence-electron chi connectivity index (χ2n) is 7.71. The molecule has 0 saturated carbocycles. The van der Waals surface area contributed by atoms with Gasteiger partial charge in [0, 0.05) is 18.7 Å². The number of para-hydroxylation sites is 2. The molecule has 4 rings (SSSR count). The zero-order valence-corrected chi connectivity index (χ0v) is 20.7. The Morgan fingerprint density at radius 3 is 2.00 bits per heavy atom. The van der Waals surface area contributed by atoms with E-state index < -0.39 is 21.2 Å². The van der Waals surface area contributed by atoms with Gasteiger partial charge in [-0.3, -0.25) is 20.2 Å². The Morgan fingerprint density at radius 1 is 0.946 bits per heavy atom. The van der Waals surface area contributed by atoms with Crippen LogP contribution in [0.4, 0.5) is 11.4 Å². The van der Waals surface area contributed by atoms with Gasteiger partial charge in [0.05, 0.1) is 30.1 Å². The van der Waals surface area contributed by atoms with Crippen molar-refractivity contribution in [3.8, 4) is 17.2 Å². The zero-order valence-electron chi connectivity index (χ0n) is 20.7. The molecule has 3 N–H and O–H groups in total. The molecule has 0 aromatic heterocycles. The van der Waals surface area contributed by atoms with Crippen molar-refractivity contribution in [2.75, 3.05) is 20.8 Å². The third-order valence-electron chi connectivity index (χ3n) is 5.19. The smallest absolute Gasteiger partial charge is 0.320 e. The molecule has 0 bridgehead atoms. The second-order valence-corrected chi connectivity index (χ2v) is 7.71. The largest absolute Gasteiger partial charge is 0.496 e. The molecular formula is C26H30N4O7. The van der Waals surface area contributed by atoms with Crippen LogP contribution in [0.5, 0.6) is 17.2 Å². The lowest BCUT2D eigenvalue weighted by atomic mass is 10.1. The maximum Gasteiger partial charge on any atom is 0.320 e. The fraction of sp³-hybridized carbons (Fsp3) is 0.231. The Morgan fingerprint density at radius 2 is 1.51 bits per heavy atom. The first-order chi connectivity index (χ1) is 17.8. The van der Waals surface area contributed by atoms with Crippen LogP contribution >= 0.6 is 0 Å². The van der Waals surface area contributed by atoms with Gasteiger partial charge in [0.15, 0.2) is 0 Å². The SMILES string of the molecule is C=CCc1ccccc1OC.COc1ccccc1CC1CN1.NOc1ccc([N+](=O)[O-])cc1[N+](=O)[O-]. The Kier molecular flexibility index (Phi) is 11.5. The van der Waals surface area contributed by atoms with Gasteiger partial charge in [-0.1, -0.05) is 42.5 Å². The molecule has 3 aromatic rings. The van der Waals surface area contributed by atoms with E-state index in [-0.39, 0.29) is 5.75 Å². The summed E-state index contributed by atoms with van der Waals surface area (Å²) in [6, 6.07) is 19.8. The van der Waals surface area contributed by atoms with E-state index in [0.717, 1.165) is 49.1 Å². The van der Waals surface area contributed by atoms with Crippen molar-refractivity contribution < 1.29 is 24.2 Å². The van der Waals surface area contributed by atoms with Crippen molar-refractivity contribution in [1.82, 2.24) is 5.32 Å². The lowest BCUT2D eigenvalue weighted by molar-refractivity contribution is -0.394. The lowest BCUT2D eigenvalue weighted by Crippen LogP contribution is -2.05. The normalized spacial score (nSPS) is 13.0. The molecule has 0 spiro atoms. The average molecular weight is 511 g/mol. The highest BCUT2D eigenvalue weighted by Gasteiger charge is 2.21. The van der Waals surface area contributed by atoms with Gasteiger partial charge in [0.1, 0.15) is 11.5 Å². The fourth-order valence-corrected chi connectivity index (χ4v) is 3.25. The van der Waals surface area contributed by atoms with E-state index in [0.29, 0.717) is 6.04 Å². The zero-order chi connectivity index (χ0) is 27.2. The third kappa shape index (κ3) is 9.24. The number of hydrogen-bond donors (Lipinski definition) is 2. The molecule has 1 fully saturated rings. The molecule has 11 nitrogen and oxygen atoms in total. The number of allylic oxidation sites excluding steroid dienone is 1. The molecular weight excluding hydrogens is 480 g/mol. The van der Waals surface area contributed by atoms with E-state index in [1.807, 2.05) is 42.5 Å². The number of nitro benzene ring substituents is 2. The van der Waals surface area contributed by atoms with E-state index >= 15 is 0 Å². The van der Waals surface area contributed by atoms with Gasteiger partial charge in [0.2, 0.25) is 5.75 Å². The molecule has 3 aromatic carbocycles. The summed E-state index contributed by atoms with van der Waals surface area (Å²) in [5.74, 6) is 6.46. The van der Waals surface area contributed by atoms with Gasteiger partial charge in [-0.2, -0.15) is 5.90 Å². The van der Waals surface area contributed by atoms with Crippen LogP contribution in [0.2, 0.25) is 0 Å². The van der Waals surface area contributed by atoms with Crippen molar-refractivity contribution in [1.29, 1.82) is 0 Å². The number of non-ortho nitro benzene ring substituents is 1. The summed E-state index contributed by atoms with van der Waals surface area (Å²) in [5, 5.41) is 24.0. The number of nitrogens with zero attached hydrogens (tertiary/aromatic N) is 2. The number of nitro groups is 2. The van der Waals surface area contributed by atoms with Gasteiger partial charge in [-0.05, 0) is 42.2 Å². The molecule has 196 valence electrons. The second kappa shape index (κ2) is 14.8. The third-order valence-corrected chi connectivity index (χ3v) is 5.19. The molecule has 1 unspecified atom stereocenters. The van der Waals surface area contributed by atoms with Crippen molar-refractivity contribution >= 4 is 11.4 Å². The lowest BCUT2D eigenvalue weighted by Gasteiger charge is -2.05. The van der Waals surface area contributed by atoms with Crippen molar-refractivity contribution in [3.63, 3.8) is 0 Å². The highest BCUT2D eigenvalue weighted by atomic mass is 16.6. The average Bonchev–Trinajstić information content (AvgIpc) is 3.74. The molecule has 1 aliphatic rings. The number of nitrogens with one attached hydrogen (secondary N) is 1. The monoisotopic (exact) mass is 510 g/mol. The number of nitrogens with two attached hydrogens (primary N) is 1. The summed E-state index contributed by atoms with van der Waals surface area (Å²) in [6.07, 6.45) is 3.83. The van der Waals surface area contributed by atoms with Crippen LogP contribution in [0, 0.1) is 20.2 Å². The fourth-order valence-electron chi connectivity index (χ4n) is 3.25. The van der Waals surface area contributed by atoms with Crippen LogP contribution in [0.15, 0.2) is 79.4 Å². The van der Waals surface area contributed by atoms with Crippen LogP contribution in [-0.2, 0) is 12.8 Å². The number of ether oxygens (including phenoxy) is 2. The Bertz CT molecular complexity index is 1200. The van der Waals surface area contributed by atoms with Crippen LogP contribution in [0.25, 0.3) is 0 Å². The summed E-state index contributed by atoms with van der Waals surface area (Å²) >= 11 is 0. The molecule has 0 radical (unpaired) electrons. The maximum absolute atomic E-state index is 10.4. The van der Waals surface area contributed by atoms with Gasteiger partial charge in [-0.25, -0.2) is 0 Å². The van der Waals surface area contributed by atoms with Gasteiger partial charge in [-0.15, -0.1) is 6.58 Å². The summed E-state index contributed by atoms with van der Waals surface area (Å²) in [7, 11) is 3.40. The Hall–Kier alpha value is -4.48. The minimum atomic E-state index is -0.810. The quantitative estimate of drug-likeness (QED) is 0.184. The van der Waals surface area contributed by atoms with E-state index in [1.165, 1.54) is 11.1 Å². The highest BCUT2D eigenvalue weighted by Crippen LogP contribution is 2.30. The van der Waals surface area contributed by atoms with E-state index in [2.05, 4.69) is 28.9 Å². The van der Waals surface area contributed by atoms with Gasteiger partial charge in [0.25, 0.3) is 5.69 Å². The number of hydrogen-bond acceptors (Lipinski definition) is 9. The Labute approximate surface area is 214 Å². The van der Waals surface area contributed by atoms with Crippen LogP contribution in [-0.4, -0.2) is 36.7 Å². The first kappa shape index (κ1) is 28.8. The van der Waals surface area contributed by atoms with Crippen LogP contribution in [0.1, 0.15) is 11.1 Å². The minimum Gasteiger partial charge on any atom is -0.496 e. The highest BCUT2D eigenvalue weighted by molar-refractivity contribution is 5.53. The topological polar surface area (TPSA) is 162 Å². The van der Waals surface area contributed by atoms with E-state index in [4.69, 9.17) is 15.4 Å². The summed E-state index contributed by atoms with van der Waals surface area (Å²) in [6.45, 7) is 4.83. The number of rotatable bonds is 9. The summed E-state index contributed by atoms with van der Waals surface area (Å²) in [5.41, 5.74) is 1.55. The van der Waals surface area contributed by atoms with Gasteiger partial charge >= 0.3 is 5.69 Å². The predicted molar refractivity (Wildman–Crippen MR) is 140 cm³/mol. The van der Waals surface area contributed by atoms with Crippen LogP contribution in [0.3, 0.4) is 0 Å². The molecule has 11 heteroatoms. The molecule has 1 atom stereocenters. The summed E-state index contributed by atoms with van der Waals surface area (Å²) < 4.78 is 10.4. The van der Waals surface area contributed by atoms with Crippen molar-refractivity contribution in [2.24, 2.45) is 5.90 Å². The van der Waals surface area contributed by atoms with Gasteiger partial charge < -0.3 is 19.6 Å². The minimum absolute atomic E-state index is 0.222. The first-order valence-electron chi connectivity index (χ1n) is 11.2. The molecule has 37 heavy (non-hydrogen) atoms. The maximum atomic E-state index is 10.4. The number of benzene rings is 3. The molecule has 1 aliphatic heterocycles. The van der Waals surface area contributed by atoms with Crippen molar-refractivity contribution in [2.45, 2.75) is 18.9 Å². The molecule has 0 amide bonds. The summed E-state index contributed by atoms with van der Waals surface area (Å²) in [4.78, 5) is 23.3. The first-order valence-corrected chi connectivity index (χ1v) is 11.2. The standard InChI is InChI=1S/C10H13NO.C10H12O.C6H5N3O5/c1-12-10-5-3-2-4-8(10)6-9-7-11-9;1-3-6-9-7-4-5-8-10(9)11-2;7-14-6-2-1-4(8(10)11)3-5(6)9(12)13/h2-5,9,11H,6-7H2,1H3;3-5,7-8H,1,6H2,2H3;1-3H,7H2. The molecule has 1 heterocycles. The Balaban J connectivity index is 0.000000197. The molecule has 0 aliphatic carbocycles. The van der Waals surface area contributed by atoms with E-state index in [1.54, 1.807) is 14.2 Å². The van der Waals surface area contributed by atoms with Crippen LogP contribution < -0.4 is 25.5 Å².